The van der Waals surface area contributed by atoms with Gasteiger partial charge in [-0.3, -0.25) is 4.98 Å². The molecule has 0 atom stereocenters. The van der Waals surface area contributed by atoms with Crippen LogP contribution in [0.25, 0.3) is 38.8 Å². The molecular weight excluding hydrogens is 677 g/mol. The summed E-state index contributed by atoms with van der Waals surface area (Å²) < 4.78 is 41.0. The average Bonchev–Trinajstić information content (AvgIpc) is 3.57. The second-order valence-electron chi connectivity index (χ2n) is 9.61. The average molecular weight is 712 g/mol. The smallest absolute Gasteiger partial charge is 0.167 e. The zero-order valence-corrected chi connectivity index (χ0v) is 25.0. The van der Waals surface area contributed by atoms with Crippen molar-refractivity contribution in [1.29, 1.82) is 0 Å². The van der Waals surface area contributed by atoms with Crippen LogP contribution in [0.5, 0.6) is 0 Å². The van der Waals surface area contributed by atoms with E-state index in [0.29, 0.717) is 21.9 Å². The van der Waals surface area contributed by atoms with E-state index in [-0.39, 0.29) is 25.1 Å². The van der Waals surface area contributed by atoms with Crippen LogP contribution in [0, 0.1) is 24.4 Å². The van der Waals surface area contributed by atoms with E-state index in [1.54, 1.807) is 6.20 Å². The minimum Gasteiger partial charge on any atom is -0.317 e. The molecule has 39 heavy (non-hydrogen) atoms. The zero-order chi connectivity index (χ0) is 30.8. The molecule has 3 heterocycles. The summed E-state index contributed by atoms with van der Waals surface area (Å²) in [6, 6.07) is 34.9. The number of aryl methyl sites for hydroxylation is 1. The van der Waals surface area contributed by atoms with Crippen molar-refractivity contribution in [3.63, 3.8) is 0 Å². The normalized spacial score (nSPS) is 13.6. The predicted molar refractivity (Wildman–Crippen MR) is 157 cm³/mol. The molecule has 0 aliphatic carbocycles. The SMILES string of the molecule is [2H]C([2H])([2H])c1nc2c(nc(-c3[c-]cccc3)n2-c2ccccc2)s1.[2H]C([2H])(c1ccc(-c2[c-]cccc2)nc1)C(C)(C)C.[Ir]. The Labute approximate surface area is 255 Å². The third-order valence-electron chi connectivity index (χ3n) is 5.46. The molecule has 3 aromatic carbocycles. The predicted octanol–water partition coefficient (Wildman–Crippen LogP) is 8.39. The zero-order valence-electron chi connectivity index (χ0n) is 26.8. The summed E-state index contributed by atoms with van der Waals surface area (Å²) in [6.07, 6.45) is 0.223. The Morgan fingerprint density at radius 1 is 0.872 bits per heavy atom. The maximum absolute atomic E-state index is 8.21. The molecule has 6 aromatic rings. The van der Waals surface area contributed by atoms with Crippen molar-refractivity contribution in [3.05, 3.63) is 120 Å². The second-order valence-corrected chi connectivity index (χ2v) is 10.6. The van der Waals surface area contributed by atoms with Gasteiger partial charge in [0.2, 0.25) is 0 Å². The number of imidazole rings is 1. The van der Waals surface area contributed by atoms with Crippen LogP contribution in [0.1, 0.15) is 38.2 Å². The molecule has 0 N–H and O–H groups in total. The van der Waals surface area contributed by atoms with Crippen molar-refractivity contribution in [3.8, 4) is 28.3 Å². The van der Waals surface area contributed by atoms with Crippen LogP contribution in [-0.4, -0.2) is 19.5 Å². The monoisotopic (exact) mass is 712 g/mol. The van der Waals surface area contributed by atoms with Crippen molar-refractivity contribution in [1.82, 2.24) is 19.5 Å². The van der Waals surface area contributed by atoms with Crippen LogP contribution in [0.2, 0.25) is 0 Å². The Hall–Kier alpha value is -3.44. The molecule has 6 rings (SSSR count). The van der Waals surface area contributed by atoms with Gasteiger partial charge in [0, 0.05) is 38.8 Å². The van der Waals surface area contributed by atoms with Crippen molar-refractivity contribution in [2.45, 2.75) is 34.0 Å². The molecule has 4 nitrogen and oxygen atoms in total. The number of nitrogens with zero attached hydrogens (tertiary/aromatic N) is 4. The molecule has 3 aromatic heterocycles. The summed E-state index contributed by atoms with van der Waals surface area (Å²) in [5.41, 5.74) is 4.16. The van der Waals surface area contributed by atoms with Gasteiger partial charge in [0.05, 0.1) is 10.8 Å². The van der Waals surface area contributed by atoms with Gasteiger partial charge in [0.1, 0.15) is 0 Å². The number of aromatic nitrogens is 4. The van der Waals surface area contributed by atoms with Crippen molar-refractivity contribution < 1.29 is 27.0 Å². The van der Waals surface area contributed by atoms with E-state index in [4.69, 9.17) is 6.85 Å². The Bertz CT molecular complexity index is 1800. The molecule has 199 valence electrons. The molecule has 0 fully saturated rings. The number of para-hydroxylation sites is 1. The standard InChI is InChI=1S/C17H12N3S.C16H18N.Ir/c1-12-18-16-17(21-12)19-15(13-8-4-2-5-9-13)20(16)14-10-6-3-7-11-14;1-16(2,3)11-13-9-10-15(17-12-13)14-7-5-4-6-8-14;/h2-8,10-11H,1H3;4-7,9-10,12H,11H2,1-3H3;/q2*-1;/i1D3;11D2;. The number of hydrogen-bond donors (Lipinski definition) is 0. The maximum Gasteiger partial charge on any atom is 0.167 e. The van der Waals surface area contributed by atoms with Gasteiger partial charge in [-0.25, -0.2) is 4.98 Å². The molecule has 0 saturated heterocycles. The number of fused-ring (bicyclic) bond motifs is 1. The number of rotatable bonds is 4. The molecule has 6 heteroatoms. The third-order valence-corrected chi connectivity index (χ3v) is 6.21. The van der Waals surface area contributed by atoms with Crippen LogP contribution >= 0.6 is 11.3 Å². The van der Waals surface area contributed by atoms with Crippen LogP contribution in [0.4, 0.5) is 0 Å². The Balaban J connectivity index is 0.000000202. The van der Waals surface area contributed by atoms with Gasteiger partial charge in [-0.2, -0.15) is 0 Å². The number of hydrogen-bond acceptors (Lipinski definition) is 4. The fraction of sp³-hybridized carbons (Fsp3) is 0.182. The number of thiazole rings is 1. The van der Waals surface area contributed by atoms with Gasteiger partial charge in [0.15, 0.2) is 10.5 Å². The van der Waals surface area contributed by atoms with E-state index in [1.165, 1.54) is 0 Å². The van der Waals surface area contributed by atoms with E-state index in [0.717, 1.165) is 33.8 Å². The van der Waals surface area contributed by atoms with Gasteiger partial charge in [-0.05, 0) is 42.0 Å². The third kappa shape index (κ3) is 7.15. The molecule has 0 spiro atoms. The fourth-order valence-corrected chi connectivity index (χ4v) is 4.59. The second kappa shape index (κ2) is 12.6. The Morgan fingerprint density at radius 3 is 2.15 bits per heavy atom. The van der Waals surface area contributed by atoms with Crippen molar-refractivity contribution in [2.24, 2.45) is 5.41 Å². The quantitative estimate of drug-likeness (QED) is 0.173. The fourth-order valence-electron chi connectivity index (χ4n) is 3.92. The van der Waals surface area contributed by atoms with E-state index >= 15 is 0 Å². The van der Waals surface area contributed by atoms with Gasteiger partial charge in [-0.15, -0.1) is 71.8 Å². The number of benzene rings is 3. The van der Waals surface area contributed by atoms with Crippen LogP contribution < -0.4 is 0 Å². The summed E-state index contributed by atoms with van der Waals surface area (Å²) in [5.74, 6) is 0.702. The molecule has 1 radical (unpaired) electrons. The molecule has 0 aliphatic heterocycles. The first-order valence-corrected chi connectivity index (χ1v) is 13.0. The molecule has 0 unspecified atom stereocenters. The van der Waals surface area contributed by atoms with Crippen LogP contribution in [0.3, 0.4) is 0 Å². The first-order valence-electron chi connectivity index (χ1n) is 14.7. The summed E-state index contributed by atoms with van der Waals surface area (Å²) >= 11 is 1.11. The van der Waals surface area contributed by atoms with Crippen LogP contribution in [-0.2, 0) is 26.5 Å². The van der Waals surface area contributed by atoms with Gasteiger partial charge < -0.3 is 9.55 Å². The van der Waals surface area contributed by atoms with Crippen molar-refractivity contribution >= 4 is 21.8 Å². The first-order chi connectivity index (χ1) is 20.4. The molecular formula is C33H30IrN4S-2. The van der Waals surface area contributed by atoms with Gasteiger partial charge in [0.25, 0.3) is 0 Å². The molecule has 0 saturated carbocycles. The summed E-state index contributed by atoms with van der Waals surface area (Å²) in [7, 11) is 0. The summed E-state index contributed by atoms with van der Waals surface area (Å²) in [6.45, 7) is 3.45. The Kier molecular flexibility index (Phi) is 7.24. The van der Waals surface area contributed by atoms with E-state index in [2.05, 4.69) is 27.1 Å². The molecule has 0 bridgehead atoms. The number of pyridine rings is 1. The van der Waals surface area contributed by atoms with E-state index < -0.39 is 18.6 Å². The van der Waals surface area contributed by atoms with Gasteiger partial charge in [-0.1, -0.05) is 62.4 Å². The summed E-state index contributed by atoms with van der Waals surface area (Å²) in [5, 5.41) is 0.105. The van der Waals surface area contributed by atoms with Crippen molar-refractivity contribution in [2.75, 3.05) is 0 Å². The van der Waals surface area contributed by atoms with Gasteiger partial charge >= 0.3 is 0 Å². The van der Waals surface area contributed by atoms with Crippen LogP contribution in [0.15, 0.2) is 97.2 Å². The Morgan fingerprint density at radius 2 is 1.56 bits per heavy atom. The topological polar surface area (TPSA) is 43.6 Å². The minimum atomic E-state index is -2.23. The summed E-state index contributed by atoms with van der Waals surface area (Å²) in [4.78, 5) is 13.9. The largest absolute Gasteiger partial charge is 0.317 e. The molecule has 0 aliphatic rings. The van der Waals surface area contributed by atoms with E-state index in [9.17, 15) is 0 Å². The first kappa shape index (κ1) is 22.4. The maximum atomic E-state index is 8.21. The van der Waals surface area contributed by atoms with E-state index in [1.807, 2.05) is 116 Å². The molecule has 0 amide bonds. The minimum absolute atomic E-state index is 0.